The first kappa shape index (κ1) is 13.3. The van der Waals surface area contributed by atoms with Gasteiger partial charge in [-0.25, -0.2) is 0 Å². The van der Waals surface area contributed by atoms with Gasteiger partial charge in [-0.15, -0.1) is 11.8 Å². The molecule has 0 unspecified atom stereocenters. The molecule has 2 aliphatic heterocycles. The highest BCUT2D eigenvalue weighted by Gasteiger charge is 2.37. The Hall–Kier alpha value is -0.730. The van der Waals surface area contributed by atoms with Gasteiger partial charge in [0.25, 0.3) is 0 Å². The lowest BCUT2D eigenvalue weighted by Gasteiger charge is -2.29. The molecule has 0 bridgehead atoms. The molecule has 102 valence electrons. The summed E-state index contributed by atoms with van der Waals surface area (Å²) in [7, 11) is 2.23. The molecular formula is C17H23NS. The standard InChI is InChI=1S/C17H23NS/c1-12-5-6-15-14(11-12)16(17(2,3)19-15)13-7-9-18(4)10-8-13/h5-6,11H,7-10H2,1-4H3. The molecule has 0 saturated carbocycles. The number of aryl methyl sites for hydroxylation is 1. The number of hydrogen-bond donors (Lipinski definition) is 0. The SMILES string of the molecule is Cc1ccc2c(c1)C(=C1CCN(C)CC1)C(C)(C)S2. The van der Waals surface area contributed by atoms with Gasteiger partial charge in [0.1, 0.15) is 0 Å². The molecule has 0 amide bonds. The second-order valence-corrected chi connectivity index (χ2v) is 8.06. The zero-order chi connectivity index (χ0) is 13.6. The summed E-state index contributed by atoms with van der Waals surface area (Å²) in [6.07, 6.45) is 2.48. The van der Waals surface area contributed by atoms with Gasteiger partial charge in [-0.05, 0) is 57.9 Å². The number of rotatable bonds is 0. The first-order chi connectivity index (χ1) is 8.97. The van der Waals surface area contributed by atoms with E-state index in [9.17, 15) is 0 Å². The quantitative estimate of drug-likeness (QED) is 0.691. The van der Waals surface area contributed by atoms with Crippen LogP contribution in [0.15, 0.2) is 28.7 Å². The van der Waals surface area contributed by atoms with Crippen LogP contribution in [-0.2, 0) is 0 Å². The summed E-state index contributed by atoms with van der Waals surface area (Å²) in [6.45, 7) is 9.38. The Labute approximate surface area is 121 Å². The fourth-order valence-electron chi connectivity index (χ4n) is 3.33. The van der Waals surface area contributed by atoms with Gasteiger partial charge < -0.3 is 4.90 Å². The molecule has 1 aromatic rings. The smallest absolute Gasteiger partial charge is 0.0405 e. The molecule has 2 heterocycles. The highest BCUT2D eigenvalue weighted by atomic mass is 32.2. The van der Waals surface area contributed by atoms with Gasteiger partial charge in [-0.1, -0.05) is 23.3 Å². The lowest BCUT2D eigenvalue weighted by Crippen LogP contribution is -2.28. The van der Waals surface area contributed by atoms with E-state index in [-0.39, 0.29) is 4.75 Å². The van der Waals surface area contributed by atoms with Crippen LogP contribution >= 0.6 is 11.8 Å². The molecule has 0 atom stereocenters. The minimum Gasteiger partial charge on any atom is -0.306 e. The summed E-state index contributed by atoms with van der Waals surface area (Å²) >= 11 is 2.03. The molecule has 2 heteroatoms. The Morgan fingerprint density at radius 2 is 1.84 bits per heavy atom. The lowest BCUT2D eigenvalue weighted by atomic mass is 9.86. The van der Waals surface area contributed by atoms with Gasteiger partial charge in [0.15, 0.2) is 0 Å². The summed E-state index contributed by atoms with van der Waals surface area (Å²) in [5, 5.41) is 0. The Bertz CT molecular complexity index is 532. The molecule has 3 rings (SSSR count). The van der Waals surface area contributed by atoms with Crippen molar-refractivity contribution in [3.05, 3.63) is 34.9 Å². The third kappa shape index (κ3) is 2.36. The van der Waals surface area contributed by atoms with E-state index >= 15 is 0 Å². The predicted octanol–water partition coefficient (Wildman–Crippen LogP) is 4.36. The number of fused-ring (bicyclic) bond motifs is 1. The first-order valence-electron chi connectivity index (χ1n) is 7.18. The number of likely N-dealkylation sites (tertiary alicyclic amines) is 1. The highest BCUT2D eigenvalue weighted by molar-refractivity contribution is 8.01. The second kappa shape index (κ2) is 4.68. The van der Waals surface area contributed by atoms with Crippen LogP contribution in [0.25, 0.3) is 5.57 Å². The molecule has 1 nitrogen and oxygen atoms in total. The van der Waals surface area contributed by atoms with Crippen molar-refractivity contribution in [2.24, 2.45) is 0 Å². The monoisotopic (exact) mass is 273 g/mol. The molecule has 0 aliphatic carbocycles. The number of piperidine rings is 1. The average molecular weight is 273 g/mol. The molecule has 0 radical (unpaired) electrons. The predicted molar refractivity (Wildman–Crippen MR) is 84.8 cm³/mol. The molecule has 0 aromatic heterocycles. The van der Waals surface area contributed by atoms with E-state index < -0.39 is 0 Å². The van der Waals surface area contributed by atoms with Crippen molar-refractivity contribution in [1.29, 1.82) is 0 Å². The Morgan fingerprint density at radius 3 is 2.53 bits per heavy atom. The molecule has 1 fully saturated rings. The fourth-order valence-corrected chi connectivity index (χ4v) is 4.65. The van der Waals surface area contributed by atoms with E-state index in [0.29, 0.717) is 0 Å². The third-order valence-corrected chi connectivity index (χ3v) is 5.61. The van der Waals surface area contributed by atoms with E-state index in [1.165, 1.54) is 42.0 Å². The maximum atomic E-state index is 2.44. The zero-order valence-electron chi connectivity index (χ0n) is 12.4. The topological polar surface area (TPSA) is 3.24 Å². The first-order valence-corrected chi connectivity index (χ1v) is 8.00. The van der Waals surface area contributed by atoms with Crippen LogP contribution in [0.1, 0.15) is 37.8 Å². The van der Waals surface area contributed by atoms with E-state index in [1.807, 2.05) is 11.8 Å². The van der Waals surface area contributed by atoms with Crippen molar-refractivity contribution >= 4 is 17.3 Å². The van der Waals surface area contributed by atoms with E-state index in [2.05, 4.69) is 50.9 Å². The van der Waals surface area contributed by atoms with Crippen LogP contribution < -0.4 is 0 Å². The van der Waals surface area contributed by atoms with Gasteiger partial charge >= 0.3 is 0 Å². The van der Waals surface area contributed by atoms with E-state index in [4.69, 9.17) is 0 Å². The number of benzene rings is 1. The van der Waals surface area contributed by atoms with Crippen LogP contribution in [0.3, 0.4) is 0 Å². The maximum absolute atomic E-state index is 2.44. The lowest BCUT2D eigenvalue weighted by molar-refractivity contribution is 0.312. The van der Waals surface area contributed by atoms with Crippen molar-refractivity contribution in [3.8, 4) is 0 Å². The van der Waals surface area contributed by atoms with Crippen molar-refractivity contribution in [3.63, 3.8) is 0 Å². The van der Waals surface area contributed by atoms with Gasteiger partial charge in [0.2, 0.25) is 0 Å². The molecule has 19 heavy (non-hydrogen) atoms. The van der Waals surface area contributed by atoms with Crippen molar-refractivity contribution < 1.29 is 0 Å². The van der Waals surface area contributed by atoms with Crippen molar-refractivity contribution in [1.82, 2.24) is 4.90 Å². The summed E-state index contributed by atoms with van der Waals surface area (Å²) in [5.41, 5.74) is 6.21. The van der Waals surface area contributed by atoms with Crippen LogP contribution in [0, 0.1) is 6.92 Å². The average Bonchev–Trinajstić information content (AvgIpc) is 2.60. The van der Waals surface area contributed by atoms with Gasteiger partial charge in [-0.2, -0.15) is 0 Å². The Balaban J connectivity index is 2.09. The zero-order valence-corrected chi connectivity index (χ0v) is 13.2. The number of nitrogens with zero attached hydrogens (tertiary/aromatic N) is 1. The second-order valence-electron chi connectivity index (χ2n) is 6.39. The van der Waals surface area contributed by atoms with Gasteiger partial charge in [0, 0.05) is 22.7 Å². The normalized spacial score (nSPS) is 22.7. The third-order valence-electron chi connectivity index (χ3n) is 4.32. The fraction of sp³-hybridized carbons (Fsp3) is 0.529. The molecule has 1 aromatic carbocycles. The van der Waals surface area contributed by atoms with Gasteiger partial charge in [-0.3, -0.25) is 0 Å². The molecule has 0 N–H and O–H groups in total. The van der Waals surface area contributed by atoms with Crippen LogP contribution in [0.4, 0.5) is 0 Å². The molecule has 2 aliphatic rings. The van der Waals surface area contributed by atoms with E-state index in [1.54, 1.807) is 11.1 Å². The molecule has 0 spiro atoms. The highest BCUT2D eigenvalue weighted by Crippen LogP contribution is 2.54. The molecular weight excluding hydrogens is 250 g/mol. The minimum absolute atomic E-state index is 0.237. The number of hydrogen-bond acceptors (Lipinski definition) is 2. The van der Waals surface area contributed by atoms with Crippen LogP contribution in [0.5, 0.6) is 0 Å². The Morgan fingerprint density at radius 1 is 1.16 bits per heavy atom. The molecule has 1 saturated heterocycles. The maximum Gasteiger partial charge on any atom is 0.0405 e. The van der Waals surface area contributed by atoms with Gasteiger partial charge in [0.05, 0.1) is 0 Å². The summed E-state index contributed by atoms with van der Waals surface area (Å²) < 4.78 is 0.237. The van der Waals surface area contributed by atoms with Crippen LogP contribution in [0.2, 0.25) is 0 Å². The summed E-state index contributed by atoms with van der Waals surface area (Å²) in [4.78, 5) is 3.91. The van der Waals surface area contributed by atoms with E-state index in [0.717, 1.165) is 0 Å². The van der Waals surface area contributed by atoms with Crippen molar-refractivity contribution in [2.45, 2.75) is 43.3 Å². The largest absolute Gasteiger partial charge is 0.306 e. The van der Waals surface area contributed by atoms with Crippen molar-refractivity contribution in [2.75, 3.05) is 20.1 Å². The van der Waals surface area contributed by atoms with Crippen LogP contribution in [-0.4, -0.2) is 29.8 Å². The minimum atomic E-state index is 0.237. The Kier molecular flexibility index (Phi) is 3.26. The summed E-state index contributed by atoms with van der Waals surface area (Å²) in [6, 6.07) is 6.93. The number of thioether (sulfide) groups is 1. The summed E-state index contributed by atoms with van der Waals surface area (Å²) in [5.74, 6) is 0.